The van der Waals surface area contributed by atoms with E-state index < -0.39 is 0 Å². The van der Waals surface area contributed by atoms with E-state index in [1.807, 2.05) is 13.0 Å². The summed E-state index contributed by atoms with van der Waals surface area (Å²) in [7, 11) is 0. The van der Waals surface area contributed by atoms with E-state index in [0.717, 1.165) is 37.3 Å². The minimum absolute atomic E-state index is 0.0333. The Balaban J connectivity index is 1.53. The van der Waals surface area contributed by atoms with Crippen molar-refractivity contribution in [2.75, 3.05) is 13.1 Å². The van der Waals surface area contributed by atoms with Gasteiger partial charge in [-0.25, -0.2) is 9.37 Å². The summed E-state index contributed by atoms with van der Waals surface area (Å²) in [5, 5.41) is 6.27. The first-order valence-corrected chi connectivity index (χ1v) is 9.30. The van der Waals surface area contributed by atoms with Gasteiger partial charge in [0, 0.05) is 25.4 Å². The van der Waals surface area contributed by atoms with Crippen molar-refractivity contribution in [3.8, 4) is 5.69 Å². The summed E-state index contributed by atoms with van der Waals surface area (Å²) < 4.78 is 16.1. The third kappa shape index (κ3) is 4.49. The molecule has 3 rings (SSSR count). The molecular formula is C20H27FN4O. The molecule has 2 aromatic rings. The number of imidazole rings is 1. The first kappa shape index (κ1) is 18.6. The van der Waals surface area contributed by atoms with Crippen LogP contribution in [-0.4, -0.2) is 28.5 Å². The highest BCUT2D eigenvalue weighted by Crippen LogP contribution is 2.24. The molecule has 140 valence electrons. The second-order valence-corrected chi connectivity index (χ2v) is 7.18. The number of nitrogens with one attached hydrogen (secondary N) is 2. The van der Waals surface area contributed by atoms with Gasteiger partial charge in [-0.2, -0.15) is 0 Å². The van der Waals surface area contributed by atoms with Crippen LogP contribution in [0.4, 0.5) is 4.39 Å². The van der Waals surface area contributed by atoms with E-state index in [4.69, 9.17) is 0 Å². The smallest absolute Gasteiger partial charge is 0.220 e. The predicted molar refractivity (Wildman–Crippen MR) is 99.5 cm³/mol. The Morgan fingerprint density at radius 1 is 1.42 bits per heavy atom. The first-order chi connectivity index (χ1) is 12.5. The van der Waals surface area contributed by atoms with E-state index in [0.29, 0.717) is 30.5 Å². The SMILES string of the molecule is Cc1nccn1-c1ccc(CNC(=O)CC(C)C2CCNCC2)cc1F. The van der Waals surface area contributed by atoms with Crippen molar-refractivity contribution in [2.24, 2.45) is 11.8 Å². The van der Waals surface area contributed by atoms with Gasteiger partial charge in [-0.15, -0.1) is 0 Å². The van der Waals surface area contributed by atoms with Crippen molar-refractivity contribution in [2.45, 2.75) is 39.7 Å². The zero-order valence-corrected chi connectivity index (χ0v) is 15.5. The Morgan fingerprint density at radius 2 is 2.19 bits per heavy atom. The van der Waals surface area contributed by atoms with Gasteiger partial charge in [0.25, 0.3) is 0 Å². The zero-order chi connectivity index (χ0) is 18.5. The normalized spacial score (nSPS) is 16.4. The number of aromatic nitrogens is 2. The highest BCUT2D eigenvalue weighted by Gasteiger charge is 2.21. The van der Waals surface area contributed by atoms with Gasteiger partial charge in [0.2, 0.25) is 5.91 Å². The molecule has 2 heterocycles. The Hall–Kier alpha value is -2.21. The molecule has 0 aliphatic carbocycles. The molecule has 1 aromatic heterocycles. The minimum atomic E-state index is -0.319. The summed E-state index contributed by atoms with van der Waals surface area (Å²) in [6.45, 7) is 6.41. The van der Waals surface area contributed by atoms with Crippen molar-refractivity contribution in [1.29, 1.82) is 0 Å². The molecule has 0 radical (unpaired) electrons. The minimum Gasteiger partial charge on any atom is -0.352 e. The van der Waals surface area contributed by atoms with Crippen LogP contribution in [0.3, 0.4) is 0 Å². The molecule has 2 N–H and O–H groups in total. The largest absolute Gasteiger partial charge is 0.352 e. The molecule has 26 heavy (non-hydrogen) atoms. The monoisotopic (exact) mass is 358 g/mol. The van der Waals surface area contributed by atoms with Gasteiger partial charge in [-0.05, 0) is 62.4 Å². The van der Waals surface area contributed by atoms with Gasteiger partial charge in [0.1, 0.15) is 11.6 Å². The molecule has 0 bridgehead atoms. The van der Waals surface area contributed by atoms with Crippen molar-refractivity contribution >= 4 is 5.91 Å². The summed E-state index contributed by atoms with van der Waals surface area (Å²) in [6, 6.07) is 5.04. The van der Waals surface area contributed by atoms with E-state index in [1.54, 1.807) is 23.0 Å². The first-order valence-electron chi connectivity index (χ1n) is 9.30. The third-order valence-corrected chi connectivity index (χ3v) is 5.28. The maximum absolute atomic E-state index is 14.4. The van der Waals surface area contributed by atoms with E-state index in [2.05, 4.69) is 22.5 Å². The fraction of sp³-hybridized carbons (Fsp3) is 0.500. The van der Waals surface area contributed by atoms with Crippen LogP contribution in [0.2, 0.25) is 0 Å². The van der Waals surface area contributed by atoms with Gasteiger partial charge < -0.3 is 15.2 Å². The fourth-order valence-corrected chi connectivity index (χ4v) is 3.63. The van der Waals surface area contributed by atoms with E-state index >= 15 is 0 Å². The molecule has 1 unspecified atom stereocenters. The van der Waals surface area contributed by atoms with E-state index in [1.165, 1.54) is 6.07 Å². The summed E-state index contributed by atoms with van der Waals surface area (Å²) in [6.07, 6.45) is 6.17. The summed E-state index contributed by atoms with van der Waals surface area (Å²) in [4.78, 5) is 16.3. The number of nitrogens with zero attached hydrogens (tertiary/aromatic N) is 2. The number of rotatable bonds is 6. The molecule has 1 saturated heterocycles. The summed E-state index contributed by atoms with van der Waals surface area (Å²) in [5.41, 5.74) is 1.22. The summed E-state index contributed by atoms with van der Waals surface area (Å²) >= 11 is 0. The Kier molecular flexibility index (Phi) is 6.04. The second kappa shape index (κ2) is 8.45. The maximum atomic E-state index is 14.4. The Labute approximate surface area is 154 Å². The molecule has 1 aliphatic rings. The molecular weight excluding hydrogens is 331 g/mol. The van der Waals surface area contributed by atoms with E-state index in [-0.39, 0.29) is 11.7 Å². The second-order valence-electron chi connectivity index (χ2n) is 7.18. The molecule has 1 fully saturated rings. The van der Waals surface area contributed by atoms with Crippen LogP contribution in [0.25, 0.3) is 5.69 Å². The van der Waals surface area contributed by atoms with Crippen molar-refractivity contribution in [1.82, 2.24) is 20.2 Å². The van der Waals surface area contributed by atoms with Crippen LogP contribution in [-0.2, 0) is 11.3 Å². The molecule has 1 amide bonds. The van der Waals surface area contributed by atoms with Crippen molar-refractivity contribution in [3.05, 3.63) is 47.8 Å². The van der Waals surface area contributed by atoms with Crippen molar-refractivity contribution < 1.29 is 9.18 Å². The Bertz CT molecular complexity index is 752. The topological polar surface area (TPSA) is 59.0 Å². The Morgan fingerprint density at radius 3 is 2.85 bits per heavy atom. The lowest BCUT2D eigenvalue weighted by molar-refractivity contribution is -0.122. The van der Waals surface area contributed by atoms with Gasteiger partial charge in [-0.1, -0.05) is 13.0 Å². The molecule has 1 atom stereocenters. The van der Waals surface area contributed by atoms with Gasteiger partial charge in [0.15, 0.2) is 0 Å². The number of piperidine rings is 1. The van der Waals surface area contributed by atoms with Crippen LogP contribution < -0.4 is 10.6 Å². The van der Waals surface area contributed by atoms with Crippen LogP contribution in [0.1, 0.15) is 37.6 Å². The zero-order valence-electron chi connectivity index (χ0n) is 15.5. The van der Waals surface area contributed by atoms with Crippen LogP contribution in [0.15, 0.2) is 30.6 Å². The number of hydrogen-bond acceptors (Lipinski definition) is 3. The van der Waals surface area contributed by atoms with Crippen molar-refractivity contribution in [3.63, 3.8) is 0 Å². The molecule has 5 nitrogen and oxygen atoms in total. The average molecular weight is 358 g/mol. The molecule has 0 spiro atoms. The fourth-order valence-electron chi connectivity index (χ4n) is 3.63. The average Bonchev–Trinajstić information content (AvgIpc) is 3.06. The standard InChI is InChI=1S/C20H27FN4O/c1-14(17-5-7-22-8-6-17)11-20(26)24-13-16-3-4-19(18(21)12-16)25-10-9-23-15(25)2/h3-4,9-10,12,14,17,22H,5-8,11,13H2,1-2H3,(H,24,26). The van der Waals surface area contributed by atoms with Gasteiger partial charge >= 0.3 is 0 Å². The highest BCUT2D eigenvalue weighted by molar-refractivity contribution is 5.76. The molecule has 6 heteroatoms. The number of hydrogen-bond donors (Lipinski definition) is 2. The lowest BCUT2D eigenvalue weighted by Crippen LogP contribution is -2.33. The van der Waals surface area contributed by atoms with E-state index in [9.17, 15) is 9.18 Å². The number of benzene rings is 1. The van der Waals surface area contributed by atoms with Crippen LogP contribution >= 0.6 is 0 Å². The van der Waals surface area contributed by atoms with Crippen LogP contribution in [0.5, 0.6) is 0 Å². The third-order valence-electron chi connectivity index (χ3n) is 5.28. The molecule has 1 aliphatic heterocycles. The number of aryl methyl sites for hydroxylation is 1. The number of amides is 1. The number of halogens is 1. The predicted octanol–water partition coefficient (Wildman–Crippen LogP) is 2.96. The molecule has 0 saturated carbocycles. The van der Waals surface area contributed by atoms with Gasteiger partial charge in [-0.3, -0.25) is 4.79 Å². The highest BCUT2D eigenvalue weighted by atomic mass is 19.1. The van der Waals surface area contributed by atoms with Gasteiger partial charge in [0.05, 0.1) is 5.69 Å². The molecule has 1 aromatic carbocycles. The quantitative estimate of drug-likeness (QED) is 0.835. The lowest BCUT2D eigenvalue weighted by Gasteiger charge is -2.27. The summed E-state index contributed by atoms with van der Waals surface area (Å²) in [5.74, 6) is 1.43. The number of carbonyl (C=O) groups is 1. The van der Waals surface area contributed by atoms with Crippen LogP contribution in [0, 0.1) is 24.6 Å². The maximum Gasteiger partial charge on any atom is 0.220 e. The number of carbonyl (C=O) groups excluding carboxylic acids is 1. The lowest BCUT2D eigenvalue weighted by atomic mass is 9.84.